The maximum atomic E-state index is 12.8. The summed E-state index contributed by atoms with van der Waals surface area (Å²) in [5.74, 6) is 0. The summed E-state index contributed by atoms with van der Waals surface area (Å²) >= 11 is 0. The molecule has 264 valence electrons. The molecule has 0 aromatic heterocycles. The molecule has 0 aliphatic heterocycles. The summed E-state index contributed by atoms with van der Waals surface area (Å²) in [4.78, 5) is 0. The molecule has 0 saturated carbocycles. The summed E-state index contributed by atoms with van der Waals surface area (Å²) in [6.07, 6.45) is 0. The van der Waals surface area contributed by atoms with Gasteiger partial charge >= 0.3 is 149 Å². The maximum Gasteiger partial charge on any atom is 0.533 e. The molecule has 0 aliphatic carbocycles. The van der Waals surface area contributed by atoms with Crippen LogP contribution in [0.5, 0.6) is 0 Å². The highest BCUT2D eigenvalue weighted by Gasteiger charge is 2.54. The van der Waals surface area contributed by atoms with Gasteiger partial charge in [0.1, 0.15) is 8.31 Å². The Bertz CT molecular complexity index is 1750. The van der Waals surface area contributed by atoms with Crippen LogP contribution in [-0.4, -0.2) is 175 Å². The van der Waals surface area contributed by atoms with Gasteiger partial charge < -0.3 is 92.7 Å². The second-order valence-corrected chi connectivity index (χ2v) is 108. The summed E-state index contributed by atoms with van der Waals surface area (Å²) in [6.45, 7) is 10.2. The van der Waals surface area contributed by atoms with Crippen LogP contribution in [0.1, 0.15) is 0 Å². The van der Waals surface area contributed by atoms with E-state index in [4.69, 9.17) is 12.3 Å². The SMILES string of the molecule is C[Si](C)O[Si](C)(C)O[Si](=O)[Si](=O)[Si](=O)[Si](=O)[Si](=O)[Si](=O)[Si](=O)[Si](=O)[Si](=O)[SiH](C)O[Si](=O)[Si](=O)[Si](=O)[Si](=O)[Si](=O)[Si](=O)[Si](=O)[Si](=O)[Si](=O)[Si](C)C. The van der Waals surface area contributed by atoms with Crippen molar-refractivity contribution in [1.29, 1.82) is 0 Å². The van der Waals surface area contributed by atoms with E-state index in [0.717, 1.165) is 6.55 Å². The fourth-order valence-electron chi connectivity index (χ4n) is 2.89. The summed E-state index contributed by atoms with van der Waals surface area (Å²) < 4.78 is 240. The van der Waals surface area contributed by atoms with Crippen molar-refractivity contribution >= 4 is 175 Å². The molecular weight excluding hydrogens is 1040 g/mol. The van der Waals surface area contributed by atoms with E-state index in [1.807, 2.05) is 0 Å². The van der Waals surface area contributed by atoms with Crippen LogP contribution in [0.25, 0.3) is 0 Å². The van der Waals surface area contributed by atoms with Crippen LogP contribution in [0.4, 0.5) is 0 Å². The molecular formula is C7H22O21Si22. The van der Waals surface area contributed by atoms with E-state index in [1.54, 1.807) is 13.1 Å². The van der Waals surface area contributed by atoms with Crippen molar-refractivity contribution in [3.05, 3.63) is 0 Å². The van der Waals surface area contributed by atoms with Crippen LogP contribution in [0, 0.1) is 0 Å². The Morgan fingerprint density at radius 2 is 0.660 bits per heavy atom. The molecule has 0 aromatic carbocycles. The first-order valence-electron chi connectivity index (χ1n) is 13.0. The Hall–Kier alpha value is 0.731. The Kier molecular flexibility index (Phi) is 22.7. The van der Waals surface area contributed by atoms with Crippen molar-refractivity contribution in [2.24, 2.45) is 0 Å². The molecule has 0 aliphatic rings. The molecule has 0 aromatic rings. The Morgan fingerprint density at radius 3 is 0.980 bits per heavy atom. The van der Waals surface area contributed by atoms with E-state index in [-0.39, 0.29) is 0 Å². The molecule has 0 rings (SSSR count). The molecule has 21 nitrogen and oxygen atoms in total. The summed E-state index contributed by atoms with van der Waals surface area (Å²) in [6, 6.07) is 0. The predicted molar refractivity (Wildman–Crippen MR) is 185 cm³/mol. The minimum absolute atomic E-state index is 0.934. The molecule has 1 unspecified atom stereocenters. The van der Waals surface area contributed by atoms with E-state index in [0.29, 0.717) is 0 Å². The van der Waals surface area contributed by atoms with Gasteiger partial charge in [-0.05, 0) is 32.7 Å². The molecule has 1 atom stereocenters. The van der Waals surface area contributed by atoms with Crippen LogP contribution < -0.4 is 0 Å². The molecule has 0 spiro atoms. The Morgan fingerprint density at radius 1 is 0.380 bits per heavy atom. The van der Waals surface area contributed by atoms with E-state index in [2.05, 4.69) is 0 Å². The fourth-order valence-corrected chi connectivity index (χ4v) is 206. The van der Waals surface area contributed by atoms with Gasteiger partial charge in [0, 0.05) is 0 Å². The van der Waals surface area contributed by atoms with Crippen LogP contribution in [-0.2, 0) is 92.7 Å². The third kappa shape index (κ3) is 14.8. The van der Waals surface area contributed by atoms with Gasteiger partial charge in [-0.15, -0.1) is 0 Å². The average Bonchev–Trinajstić information content (AvgIpc) is 3.04. The Labute approximate surface area is 310 Å². The summed E-state index contributed by atoms with van der Waals surface area (Å²) in [5.41, 5.74) is 0. The first-order chi connectivity index (χ1) is 22.6. The monoisotopic (exact) mass is 1060 g/mol. The van der Waals surface area contributed by atoms with Gasteiger partial charge in [-0.25, -0.2) is 0 Å². The second-order valence-electron chi connectivity index (χ2n) is 10.1. The first-order valence-corrected chi connectivity index (χ1v) is 66.4. The van der Waals surface area contributed by atoms with Crippen molar-refractivity contribution in [3.8, 4) is 0 Å². The molecule has 50 heavy (non-hydrogen) atoms. The fraction of sp³-hybridized carbons (Fsp3) is 1.00. The third-order valence-electron chi connectivity index (χ3n) is 5.17. The van der Waals surface area contributed by atoms with Gasteiger partial charge in [0.15, 0.2) is 9.04 Å². The van der Waals surface area contributed by atoms with Crippen molar-refractivity contribution in [3.63, 3.8) is 0 Å². The molecule has 0 N–H and O–H groups in total. The zero-order chi connectivity index (χ0) is 39.7. The number of hydrogen-bond donors (Lipinski definition) is 0. The molecule has 43 heteroatoms. The molecule has 0 heterocycles. The van der Waals surface area contributed by atoms with Gasteiger partial charge in [0.2, 0.25) is 0 Å². The highest BCUT2D eigenvalue weighted by Crippen LogP contribution is 2.08. The summed E-state index contributed by atoms with van der Waals surface area (Å²) in [5, 5.41) is 0. The maximum absolute atomic E-state index is 12.8. The topological polar surface area (TPSA) is 335 Å². The smallest absolute Gasteiger partial charge is 0.533 e. The molecule has 0 amide bonds. The first kappa shape index (κ1) is 50.7. The lowest BCUT2D eigenvalue weighted by molar-refractivity contribution is 0.384. The normalized spacial score (nSPS) is 11.3. The zero-order valence-electron chi connectivity index (χ0n) is 26.7. The largest absolute Gasteiger partial charge is 0.577 e. The summed E-state index contributed by atoms with van der Waals surface area (Å²) in [7, 11) is -79.9. The standard InChI is InChI=1S/C7H22O21Si22/c1-29(2)27-50(6,7)28-33(9)37(13)41(17)45(21)49(25)47(23)43(19)39(15)35(11)31(5)26-32(8)36(12)40(16)44(20)48(24)46(22)42(18)38(14)34(10)30(3)4/h31H,1-7H3. The molecule has 0 bridgehead atoms. The molecule has 0 saturated heterocycles. The number of rotatable bonds is 24. The second kappa shape index (κ2) is 22.3. The van der Waals surface area contributed by atoms with Crippen LogP contribution in [0.2, 0.25) is 45.8 Å². The highest BCUT2D eigenvalue weighted by molar-refractivity contribution is 7.78. The van der Waals surface area contributed by atoms with Gasteiger partial charge in [-0.3, -0.25) is 0 Å². The average molecular weight is 1060 g/mol. The van der Waals surface area contributed by atoms with Crippen molar-refractivity contribution in [2.45, 2.75) is 45.8 Å². The zero-order valence-corrected chi connectivity index (χ0v) is 48.8. The van der Waals surface area contributed by atoms with Crippen LogP contribution in [0.3, 0.4) is 0 Å². The van der Waals surface area contributed by atoms with Gasteiger partial charge in [-0.2, -0.15) is 0 Å². The Balaban J connectivity index is 5.55. The molecule has 2 radical (unpaired) electrons. The van der Waals surface area contributed by atoms with Crippen LogP contribution >= 0.6 is 0 Å². The minimum Gasteiger partial charge on any atom is -0.577 e. The van der Waals surface area contributed by atoms with E-state index in [9.17, 15) is 80.3 Å². The predicted octanol–water partition coefficient (Wildman–Crippen LogP) is -6.90. The van der Waals surface area contributed by atoms with Crippen molar-refractivity contribution < 1.29 is 92.7 Å². The van der Waals surface area contributed by atoms with Gasteiger partial charge in [0.25, 0.3) is 8.56 Å². The van der Waals surface area contributed by atoms with Crippen LogP contribution in [0.15, 0.2) is 0 Å². The van der Waals surface area contributed by atoms with E-state index >= 15 is 0 Å². The third-order valence-corrected chi connectivity index (χ3v) is 151. The van der Waals surface area contributed by atoms with Crippen molar-refractivity contribution in [1.82, 2.24) is 0 Å². The minimum atomic E-state index is -4.15. The number of hydrogen-bond acceptors (Lipinski definition) is 21. The lowest BCUT2D eigenvalue weighted by atomic mass is 11.9. The van der Waals surface area contributed by atoms with Gasteiger partial charge in [-0.1, -0.05) is 13.1 Å². The van der Waals surface area contributed by atoms with E-state index < -0.39 is 175 Å². The van der Waals surface area contributed by atoms with E-state index in [1.165, 1.54) is 26.2 Å². The molecule has 0 fully saturated rings. The highest BCUT2D eigenvalue weighted by atomic mass is 30.1. The quantitative estimate of drug-likeness (QED) is 0.0811. The lowest BCUT2D eigenvalue weighted by Gasteiger charge is -2.24. The van der Waals surface area contributed by atoms with Crippen molar-refractivity contribution in [2.75, 3.05) is 0 Å². The van der Waals surface area contributed by atoms with Gasteiger partial charge in [0.05, 0.1) is 0 Å². The lowest BCUT2D eigenvalue weighted by Crippen LogP contribution is -2.55.